The molecule has 0 spiro atoms. The molecule has 2 rings (SSSR count). The van der Waals surface area contributed by atoms with E-state index in [1.54, 1.807) is 7.11 Å². The Balaban J connectivity index is 1.92. The Morgan fingerprint density at radius 2 is 1.76 bits per heavy atom. The van der Waals surface area contributed by atoms with Gasteiger partial charge in [-0.3, -0.25) is 4.79 Å². The van der Waals surface area contributed by atoms with Crippen LogP contribution in [0.2, 0.25) is 0 Å². The molecule has 1 amide bonds. The second-order valence-corrected chi connectivity index (χ2v) is 6.85. The van der Waals surface area contributed by atoms with Crippen molar-refractivity contribution in [1.29, 1.82) is 0 Å². The van der Waals surface area contributed by atoms with Crippen molar-refractivity contribution >= 4 is 17.5 Å². The van der Waals surface area contributed by atoms with Gasteiger partial charge in [0.1, 0.15) is 0 Å². The van der Waals surface area contributed by atoms with Crippen molar-refractivity contribution < 1.29 is 9.53 Å². The van der Waals surface area contributed by atoms with Crippen molar-refractivity contribution in [3.05, 3.63) is 47.8 Å². The monoisotopic (exact) mass is 342 g/mol. The summed E-state index contributed by atoms with van der Waals surface area (Å²) in [4.78, 5) is 20.6. The number of rotatable bonds is 7. The molecular weight excluding hydrogens is 316 g/mol. The Bertz CT molecular complexity index is 676. The standard InChI is InChI=1S/C19H26N4O2/c1-19(2,3)15-6-8-16(9-7-15)23-17(24)14-12-21-18(22-13-14)20-10-5-11-25-4/h6-9,12-13H,5,10-11H2,1-4H3,(H,23,24)(H,20,21,22). The molecule has 25 heavy (non-hydrogen) atoms. The van der Waals surface area contributed by atoms with Gasteiger partial charge >= 0.3 is 0 Å². The van der Waals surface area contributed by atoms with Gasteiger partial charge in [0.15, 0.2) is 0 Å². The third-order valence-corrected chi connectivity index (χ3v) is 3.73. The third kappa shape index (κ3) is 5.83. The Hall–Kier alpha value is -2.47. The summed E-state index contributed by atoms with van der Waals surface area (Å²) in [6.07, 6.45) is 3.90. The van der Waals surface area contributed by atoms with E-state index < -0.39 is 0 Å². The van der Waals surface area contributed by atoms with Crippen LogP contribution in [0.15, 0.2) is 36.7 Å². The number of nitrogens with zero attached hydrogens (tertiary/aromatic N) is 2. The number of anilines is 2. The minimum atomic E-state index is -0.227. The van der Waals surface area contributed by atoms with Gasteiger partial charge in [0, 0.05) is 38.3 Å². The van der Waals surface area contributed by atoms with Crippen LogP contribution in [0.1, 0.15) is 43.1 Å². The number of methoxy groups -OCH3 is 1. The molecule has 0 radical (unpaired) electrons. The molecule has 2 aromatic rings. The van der Waals surface area contributed by atoms with E-state index in [-0.39, 0.29) is 11.3 Å². The van der Waals surface area contributed by atoms with Gasteiger partial charge in [-0.2, -0.15) is 0 Å². The summed E-state index contributed by atoms with van der Waals surface area (Å²) >= 11 is 0. The Labute approximate surface area is 149 Å². The maximum Gasteiger partial charge on any atom is 0.258 e. The number of aromatic nitrogens is 2. The summed E-state index contributed by atoms with van der Waals surface area (Å²) in [6.45, 7) is 7.87. The first-order chi connectivity index (χ1) is 11.9. The van der Waals surface area contributed by atoms with Crippen molar-refractivity contribution in [3.8, 4) is 0 Å². The first kappa shape index (κ1) is 18.9. The highest BCUT2D eigenvalue weighted by Crippen LogP contribution is 2.23. The number of nitrogens with one attached hydrogen (secondary N) is 2. The van der Waals surface area contributed by atoms with Crippen LogP contribution in [0.4, 0.5) is 11.6 Å². The maximum atomic E-state index is 12.3. The second-order valence-electron chi connectivity index (χ2n) is 6.85. The van der Waals surface area contributed by atoms with Crippen LogP contribution < -0.4 is 10.6 Å². The average Bonchev–Trinajstić information content (AvgIpc) is 2.59. The molecule has 134 valence electrons. The third-order valence-electron chi connectivity index (χ3n) is 3.73. The van der Waals surface area contributed by atoms with Crippen LogP contribution in [0.5, 0.6) is 0 Å². The predicted molar refractivity (Wildman–Crippen MR) is 100 cm³/mol. The van der Waals surface area contributed by atoms with Gasteiger partial charge in [0.25, 0.3) is 5.91 Å². The molecule has 6 heteroatoms. The molecule has 0 atom stereocenters. The highest BCUT2D eigenvalue weighted by atomic mass is 16.5. The van der Waals surface area contributed by atoms with Crippen molar-refractivity contribution in [1.82, 2.24) is 9.97 Å². The summed E-state index contributed by atoms with van der Waals surface area (Å²) in [7, 11) is 1.67. The van der Waals surface area contributed by atoms with Crippen molar-refractivity contribution in [2.75, 3.05) is 30.9 Å². The van der Waals surface area contributed by atoms with Crippen LogP contribution in [0, 0.1) is 0 Å². The fourth-order valence-electron chi connectivity index (χ4n) is 2.21. The molecule has 0 saturated heterocycles. The first-order valence-electron chi connectivity index (χ1n) is 8.37. The molecule has 0 bridgehead atoms. The molecule has 1 aromatic carbocycles. The SMILES string of the molecule is COCCCNc1ncc(C(=O)Nc2ccc(C(C)(C)C)cc2)cn1. The van der Waals surface area contributed by atoms with Gasteiger partial charge in [-0.15, -0.1) is 0 Å². The quantitative estimate of drug-likeness (QED) is 0.754. The summed E-state index contributed by atoms with van der Waals surface area (Å²) < 4.78 is 4.98. The highest BCUT2D eigenvalue weighted by molar-refractivity contribution is 6.03. The lowest BCUT2D eigenvalue weighted by atomic mass is 9.87. The molecule has 0 unspecified atom stereocenters. The lowest BCUT2D eigenvalue weighted by molar-refractivity contribution is 0.102. The minimum Gasteiger partial charge on any atom is -0.385 e. The molecule has 6 nitrogen and oxygen atoms in total. The summed E-state index contributed by atoms with van der Waals surface area (Å²) in [6, 6.07) is 7.87. The number of hydrogen-bond donors (Lipinski definition) is 2. The Morgan fingerprint density at radius 3 is 2.32 bits per heavy atom. The van der Waals surface area contributed by atoms with Crippen LogP contribution in [0.25, 0.3) is 0 Å². The number of amides is 1. The van der Waals surface area contributed by atoms with Gasteiger partial charge in [-0.05, 0) is 29.5 Å². The zero-order chi connectivity index (χ0) is 18.3. The number of hydrogen-bond acceptors (Lipinski definition) is 5. The van der Waals surface area contributed by atoms with Crippen LogP contribution >= 0.6 is 0 Å². The van der Waals surface area contributed by atoms with Crippen molar-refractivity contribution in [2.45, 2.75) is 32.6 Å². The van der Waals surface area contributed by atoms with E-state index in [1.807, 2.05) is 24.3 Å². The molecule has 0 aliphatic rings. The molecule has 0 fully saturated rings. The van der Waals surface area contributed by atoms with Crippen LogP contribution in [-0.2, 0) is 10.2 Å². The van der Waals surface area contributed by atoms with E-state index >= 15 is 0 Å². The number of carbonyl (C=O) groups excluding carboxylic acids is 1. The normalized spacial score (nSPS) is 11.2. The lowest BCUT2D eigenvalue weighted by Gasteiger charge is -2.19. The van der Waals surface area contributed by atoms with Gasteiger partial charge in [0.05, 0.1) is 5.56 Å². The van der Waals surface area contributed by atoms with Crippen molar-refractivity contribution in [3.63, 3.8) is 0 Å². The number of ether oxygens (including phenoxy) is 1. The zero-order valence-electron chi connectivity index (χ0n) is 15.3. The molecule has 1 heterocycles. The fourth-order valence-corrected chi connectivity index (χ4v) is 2.21. The summed E-state index contributed by atoms with van der Waals surface area (Å²) in [5.74, 6) is 0.275. The highest BCUT2D eigenvalue weighted by Gasteiger charge is 2.13. The molecule has 0 aliphatic carbocycles. The summed E-state index contributed by atoms with van der Waals surface area (Å²) in [5, 5.41) is 5.94. The minimum absolute atomic E-state index is 0.0858. The fraction of sp³-hybridized carbons (Fsp3) is 0.421. The van der Waals surface area contributed by atoms with Gasteiger partial charge in [-0.25, -0.2) is 9.97 Å². The predicted octanol–water partition coefficient (Wildman–Crippen LogP) is 3.47. The smallest absolute Gasteiger partial charge is 0.258 e. The summed E-state index contributed by atoms with van der Waals surface area (Å²) in [5.41, 5.74) is 2.47. The maximum absolute atomic E-state index is 12.3. The lowest BCUT2D eigenvalue weighted by Crippen LogP contribution is -2.15. The van der Waals surface area contributed by atoms with Crippen molar-refractivity contribution in [2.24, 2.45) is 0 Å². The number of carbonyl (C=O) groups is 1. The van der Waals surface area contributed by atoms with E-state index in [0.717, 1.165) is 18.7 Å². The molecule has 2 N–H and O–H groups in total. The van der Waals surface area contributed by atoms with Gasteiger partial charge in [-0.1, -0.05) is 32.9 Å². The second kappa shape index (κ2) is 8.58. The molecule has 0 saturated carbocycles. The molecular formula is C19H26N4O2. The van der Waals surface area contributed by atoms with Gasteiger partial charge in [0.2, 0.25) is 5.95 Å². The number of benzene rings is 1. The average molecular weight is 342 g/mol. The zero-order valence-corrected chi connectivity index (χ0v) is 15.3. The van der Waals surface area contributed by atoms with E-state index in [0.29, 0.717) is 18.1 Å². The van der Waals surface area contributed by atoms with Gasteiger partial charge < -0.3 is 15.4 Å². The van der Waals surface area contributed by atoms with E-state index in [4.69, 9.17) is 4.74 Å². The molecule has 0 aliphatic heterocycles. The van der Waals surface area contributed by atoms with E-state index in [1.165, 1.54) is 18.0 Å². The first-order valence-corrected chi connectivity index (χ1v) is 8.37. The van der Waals surface area contributed by atoms with Crippen LogP contribution in [-0.4, -0.2) is 36.1 Å². The largest absolute Gasteiger partial charge is 0.385 e. The Kier molecular flexibility index (Phi) is 6.47. The molecule has 1 aromatic heterocycles. The van der Waals surface area contributed by atoms with E-state index in [2.05, 4.69) is 41.4 Å². The van der Waals surface area contributed by atoms with Crippen LogP contribution in [0.3, 0.4) is 0 Å². The topological polar surface area (TPSA) is 76.1 Å². The van der Waals surface area contributed by atoms with E-state index in [9.17, 15) is 4.79 Å². The Morgan fingerprint density at radius 1 is 1.12 bits per heavy atom.